The molecule has 1 aliphatic carbocycles. The average Bonchev–Trinajstić information content (AvgIpc) is 2.36. The molecule has 0 heterocycles. The highest BCUT2D eigenvalue weighted by molar-refractivity contribution is 5.85. The van der Waals surface area contributed by atoms with Crippen LogP contribution in [0.15, 0.2) is 24.3 Å². The predicted octanol–water partition coefficient (Wildman–Crippen LogP) is 1.54. The van der Waals surface area contributed by atoms with Crippen LogP contribution in [0.1, 0.15) is 26.2 Å². The van der Waals surface area contributed by atoms with Gasteiger partial charge in [-0.25, -0.2) is 4.39 Å². The highest BCUT2D eigenvalue weighted by atomic mass is 19.1. The van der Waals surface area contributed by atoms with E-state index in [-0.39, 0.29) is 17.6 Å². The molecule has 2 amide bonds. The molecule has 20 heavy (non-hydrogen) atoms. The molecule has 0 radical (unpaired) electrons. The molecule has 2 N–H and O–H groups in total. The van der Waals surface area contributed by atoms with Gasteiger partial charge in [0.1, 0.15) is 0 Å². The number of carbonyl (C=O) groups is 2. The zero-order chi connectivity index (χ0) is 14.5. The maximum absolute atomic E-state index is 13.4. The van der Waals surface area contributed by atoms with Crippen molar-refractivity contribution in [2.24, 2.45) is 5.92 Å². The van der Waals surface area contributed by atoms with E-state index >= 15 is 0 Å². The van der Waals surface area contributed by atoms with Crippen molar-refractivity contribution in [1.82, 2.24) is 10.9 Å². The number of nitrogens with one attached hydrogen (secondary N) is 2. The van der Waals surface area contributed by atoms with Crippen molar-refractivity contribution in [2.75, 3.05) is 0 Å². The predicted molar refractivity (Wildman–Crippen MR) is 70.1 cm³/mol. The van der Waals surface area contributed by atoms with Gasteiger partial charge in [0.2, 0.25) is 5.91 Å². The Bertz CT molecular complexity index is 503. The Hall–Kier alpha value is -2.11. The Morgan fingerprint density at radius 3 is 2.60 bits per heavy atom. The van der Waals surface area contributed by atoms with Crippen LogP contribution in [-0.4, -0.2) is 17.9 Å². The number of halogens is 1. The van der Waals surface area contributed by atoms with Gasteiger partial charge in [-0.1, -0.05) is 18.6 Å². The lowest BCUT2D eigenvalue weighted by molar-refractivity contribution is -0.135. The first-order valence-corrected chi connectivity index (χ1v) is 6.59. The van der Waals surface area contributed by atoms with Crippen LogP contribution < -0.4 is 15.6 Å². The molecule has 1 aliphatic rings. The zero-order valence-corrected chi connectivity index (χ0v) is 11.2. The quantitative estimate of drug-likeness (QED) is 0.822. The number of benzene rings is 1. The summed E-state index contributed by atoms with van der Waals surface area (Å²) in [4.78, 5) is 23.3. The van der Waals surface area contributed by atoms with Gasteiger partial charge in [-0.3, -0.25) is 20.4 Å². The second kappa shape index (κ2) is 6.36. The molecule has 1 aromatic rings. The minimum Gasteiger partial charge on any atom is -0.478 e. The van der Waals surface area contributed by atoms with Crippen LogP contribution >= 0.6 is 0 Å². The molecule has 5 nitrogen and oxygen atoms in total. The van der Waals surface area contributed by atoms with E-state index in [0.29, 0.717) is 0 Å². The maximum Gasteiger partial charge on any atom is 0.279 e. The number of hydrogen-bond acceptors (Lipinski definition) is 3. The number of hydrogen-bond donors (Lipinski definition) is 2. The third-order valence-corrected chi connectivity index (χ3v) is 3.29. The molecule has 0 aromatic heterocycles. The fourth-order valence-electron chi connectivity index (χ4n) is 1.78. The summed E-state index contributed by atoms with van der Waals surface area (Å²) >= 11 is 0. The molecule has 6 heteroatoms. The molecule has 2 rings (SSSR count). The fourth-order valence-corrected chi connectivity index (χ4v) is 1.78. The van der Waals surface area contributed by atoms with Gasteiger partial charge in [-0.15, -0.1) is 0 Å². The number of rotatable bonds is 4. The molecular formula is C14H17FN2O3. The molecule has 1 aromatic carbocycles. The molecule has 1 saturated carbocycles. The third kappa shape index (κ3) is 3.46. The summed E-state index contributed by atoms with van der Waals surface area (Å²) in [6.07, 6.45) is 1.83. The van der Waals surface area contributed by atoms with E-state index in [1.165, 1.54) is 25.1 Å². The molecule has 1 fully saturated rings. The second-order valence-electron chi connectivity index (χ2n) is 4.80. The summed E-state index contributed by atoms with van der Waals surface area (Å²) in [6.45, 7) is 1.48. The minimum atomic E-state index is -0.909. The Morgan fingerprint density at radius 1 is 1.30 bits per heavy atom. The van der Waals surface area contributed by atoms with Gasteiger partial charge < -0.3 is 4.74 Å². The van der Waals surface area contributed by atoms with Crippen LogP contribution in [0.4, 0.5) is 4.39 Å². The van der Waals surface area contributed by atoms with Gasteiger partial charge in [-0.05, 0) is 31.9 Å². The monoisotopic (exact) mass is 280 g/mol. The molecule has 0 unspecified atom stereocenters. The molecule has 0 aliphatic heterocycles. The maximum atomic E-state index is 13.4. The van der Waals surface area contributed by atoms with Gasteiger partial charge in [0.25, 0.3) is 5.91 Å². The van der Waals surface area contributed by atoms with Crippen molar-refractivity contribution in [3.8, 4) is 5.75 Å². The number of ether oxygens (including phenoxy) is 1. The van der Waals surface area contributed by atoms with Gasteiger partial charge in [-0.2, -0.15) is 0 Å². The molecule has 108 valence electrons. The summed E-state index contributed by atoms with van der Waals surface area (Å²) in [7, 11) is 0. The van der Waals surface area contributed by atoms with E-state index in [4.69, 9.17) is 4.74 Å². The SMILES string of the molecule is C[C@@H](Oc1ccccc1F)C(=O)NNC(=O)C1CCC1. The Morgan fingerprint density at radius 2 is 2.00 bits per heavy atom. The summed E-state index contributed by atoms with van der Waals surface area (Å²) < 4.78 is 18.6. The number of hydrazine groups is 1. The lowest BCUT2D eigenvalue weighted by Gasteiger charge is -2.24. The van der Waals surface area contributed by atoms with E-state index in [1.807, 2.05) is 0 Å². The molecule has 0 saturated heterocycles. The van der Waals surface area contributed by atoms with Gasteiger partial charge in [0, 0.05) is 5.92 Å². The van der Waals surface area contributed by atoms with Gasteiger partial charge in [0.05, 0.1) is 0 Å². The van der Waals surface area contributed by atoms with Crippen molar-refractivity contribution < 1.29 is 18.7 Å². The Balaban J connectivity index is 1.80. The second-order valence-corrected chi connectivity index (χ2v) is 4.80. The van der Waals surface area contributed by atoms with Crippen LogP contribution in [0.2, 0.25) is 0 Å². The normalized spacial score (nSPS) is 15.9. The summed E-state index contributed by atoms with van der Waals surface area (Å²) in [5.41, 5.74) is 4.64. The number of amides is 2. The molecule has 0 spiro atoms. The van der Waals surface area contributed by atoms with Crippen molar-refractivity contribution >= 4 is 11.8 Å². The molecule has 0 bridgehead atoms. The average molecular weight is 280 g/mol. The summed E-state index contributed by atoms with van der Waals surface area (Å²) in [5, 5.41) is 0. The largest absolute Gasteiger partial charge is 0.478 e. The number of para-hydroxylation sites is 1. The van der Waals surface area contributed by atoms with Crippen molar-refractivity contribution in [2.45, 2.75) is 32.3 Å². The van der Waals surface area contributed by atoms with E-state index in [2.05, 4.69) is 10.9 Å². The van der Waals surface area contributed by atoms with E-state index in [0.717, 1.165) is 19.3 Å². The van der Waals surface area contributed by atoms with Crippen LogP contribution in [-0.2, 0) is 9.59 Å². The fraction of sp³-hybridized carbons (Fsp3) is 0.429. The van der Waals surface area contributed by atoms with Crippen molar-refractivity contribution in [3.05, 3.63) is 30.1 Å². The minimum absolute atomic E-state index is 0.000435. The van der Waals surface area contributed by atoms with E-state index in [1.54, 1.807) is 6.07 Å². The van der Waals surface area contributed by atoms with Crippen LogP contribution in [0.5, 0.6) is 5.75 Å². The lowest BCUT2D eigenvalue weighted by Crippen LogP contribution is -2.49. The van der Waals surface area contributed by atoms with Gasteiger partial charge in [0.15, 0.2) is 17.7 Å². The topological polar surface area (TPSA) is 67.4 Å². The molecular weight excluding hydrogens is 263 g/mol. The van der Waals surface area contributed by atoms with Crippen LogP contribution in [0, 0.1) is 11.7 Å². The zero-order valence-electron chi connectivity index (χ0n) is 11.2. The Labute approximate surface area is 116 Å². The summed E-state index contributed by atoms with van der Waals surface area (Å²) in [5.74, 6) is -1.27. The lowest BCUT2D eigenvalue weighted by atomic mass is 9.85. The van der Waals surface area contributed by atoms with Gasteiger partial charge >= 0.3 is 0 Å². The third-order valence-electron chi connectivity index (χ3n) is 3.29. The van der Waals surface area contributed by atoms with Crippen LogP contribution in [0.25, 0.3) is 0 Å². The first kappa shape index (κ1) is 14.3. The van der Waals surface area contributed by atoms with E-state index < -0.39 is 17.8 Å². The first-order valence-electron chi connectivity index (χ1n) is 6.59. The summed E-state index contributed by atoms with van der Waals surface area (Å²) in [6, 6.07) is 5.83. The van der Waals surface area contributed by atoms with E-state index in [9.17, 15) is 14.0 Å². The molecule has 1 atom stereocenters. The Kier molecular flexibility index (Phi) is 4.55. The smallest absolute Gasteiger partial charge is 0.279 e. The highest BCUT2D eigenvalue weighted by Crippen LogP contribution is 2.25. The number of carbonyl (C=O) groups excluding carboxylic acids is 2. The standard InChI is InChI=1S/C14H17FN2O3/c1-9(20-12-8-3-2-7-11(12)15)13(18)16-17-14(19)10-5-4-6-10/h2-3,7-10H,4-6H2,1H3,(H,16,18)(H,17,19)/t9-/m1/s1. The first-order chi connectivity index (χ1) is 9.58. The van der Waals surface area contributed by atoms with Crippen molar-refractivity contribution in [1.29, 1.82) is 0 Å². The van der Waals surface area contributed by atoms with Crippen molar-refractivity contribution in [3.63, 3.8) is 0 Å². The highest BCUT2D eigenvalue weighted by Gasteiger charge is 2.26. The van der Waals surface area contributed by atoms with Crippen LogP contribution in [0.3, 0.4) is 0 Å².